The van der Waals surface area contributed by atoms with Crippen LogP contribution in [-0.2, 0) is 0 Å². The Labute approximate surface area is 132 Å². The molecule has 0 radical (unpaired) electrons. The standard InChI is InChI=1S/C15H24N2OS.ClH/c1-5-19-9-8-12(3)17(4)15(18)14-10-13(16)7-6-11(14)2;/h6-7,10,12H,5,8-9,16H2,1-4H3;1H. The van der Waals surface area contributed by atoms with Gasteiger partial charge in [-0.25, -0.2) is 0 Å². The van der Waals surface area contributed by atoms with Crippen LogP contribution in [0.25, 0.3) is 0 Å². The highest BCUT2D eigenvalue weighted by Gasteiger charge is 2.18. The lowest BCUT2D eigenvalue weighted by Gasteiger charge is -2.25. The summed E-state index contributed by atoms with van der Waals surface area (Å²) < 4.78 is 0. The monoisotopic (exact) mass is 316 g/mol. The second-order valence-corrected chi connectivity index (χ2v) is 6.22. The van der Waals surface area contributed by atoms with Gasteiger partial charge in [-0.1, -0.05) is 13.0 Å². The lowest BCUT2D eigenvalue weighted by atomic mass is 10.1. The van der Waals surface area contributed by atoms with Crippen molar-refractivity contribution in [2.45, 2.75) is 33.2 Å². The van der Waals surface area contributed by atoms with Crippen molar-refractivity contribution in [3.8, 4) is 0 Å². The van der Waals surface area contributed by atoms with Crippen LogP contribution in [0.3, 0.4) is 0 Å². The molecule has 1 rings (SSSR count). The smallest absolute Gasteiger partial charge is 0.254 e. The molecule has 1 aromatic carbocycles. The predicted octanol–water partition coefficient (Wildman–Crippen LogP) is 3.60. The van der Waals surface area contributed by atoms with Crippen molar-refractivity contribution in [1.29, 1.82) is 0 Å². The molecule has 5 heteroatoms. The van der Waals surface area contributed by atoms with Crippen molar-refractivity contribution in [2.75, 3.05) is 24.3 Å². The average molecular weight is 317 g/mol. The Morgan fingerprint density at radius 3 is 2.70 bits per heavy atom. The molecule has 1 amide bonds. The highest BCUT2D eigenvalue weighted by atomic mass is 35.5. The molecule has 0 saturated carbocycles. The highest BCUT2D eigenvalue weighted by Crippen LogP contribution is 2.17. The van der Waals surface area contributed by atoms with Gasteiger partial charge in [0, 0.05) is 24.3 Å². The maximum Gasteiger partial charge on any atom is 0.254 e. The second-order valence-electron chi connectivity index (χ2n) is 4.83. The molecule has 0 fully saturated rings. The second kappa shape index (κ2) is 9.14. The first-order valence-electron chi connectivity index (χ1n) is 6.68. The summed E-state index contributed by atoms with van der Waals surface area (Å²) in [5.74, 6) is 2.27. The topological polar surface area (TPSA) is 46.3 Å². The van der Waals surface area contributed by atoms with Crippen molar-refractivity contribution in [1.82, 2.24) is 4.90 Å². The summed E-state index contributed by atoms with van der Waals surface area (Å²) >= 11 is 1.91. The number of hydrogen-bond donors (Lipinski definition) is 1. The number of rotatable bonds is 6. The maximum atomic E-state index is 12.5. The molecule has 0 saturated heterocycles. The normalized spacial score (nSPS) is 11.6. The molecule has 0 bridgehead atoms. The number of nitrogen functional groups attached to an aromatic ring is 1. The zero-order valence-corrected chi connectivity index (χ0v) is 14.3. The van der Waals surface area contributed by atoms with E-state index in [4.69, 9.17) is 5.73 Å². The van der Waals surface area contributed by atoms with Gasteiger partial charge >= 0.3 is 0 Å². The average Bonchev–Trinajstić information content (AvgIpc) is 2.40. The minimum atomic E-state index is 0. The Morgan fingerprint density at radius 2 is 2.10 bits per heavy atom. The molecule has 114 valence electrons. The number of hydrogen-bond acceptors (Lipinski definition) is 3. The van der Waals surface area contributed by atoms with Gasteiger partial charge < -0.3 is 10.6 Å². The number of benzene rings is 1. The van der Waals surface area contributed by atoms with Crippen LogP contribution in [0.4, 0.5) is 5.69 Å². The minimum absolute atomic E-state index is 0. The number of carbonyl (C=O) groups excluding carboxylic acids is 1. The fourth-order valence-corrected chi connectivity index (χ4v) is 2.65. The van der Waals surface area contributed by atoms with Gasteiger partial charge in [-0.15, -0.1) is 12.4 Å². The summed E-state index contributed by atoms with van der Waals surface area (Å²) in [4.78, 5) is 14.3. The first-order valence-corrected chi connectivity index (χ1v) is 7.83. The zero-order valence-electron chi connectivity index (χ0n) is 12.7. The summed E-state index contributed by atoms with van der Waals surface area (Å²) in [5.41, 5.74) is 8.08. The van der Waals surface area contributed by atoms with Gasteiger partial charge in [-0.3, -0.25) is 4.79 Å². The number of nitrogens with zero attached hydrogens (tertiary/aromatic N) is 1. The lowest BCUT2D eigenvalue weighted by molar-refractivity contribution is 0.0740. The number of halogens is 1. The summed E-state index contributed by atoms with van der Waals surface area (Å²) in [5, 5.41) is 0. The Morgan fingerprint density at radius 1 is 1.45 bits per heavy atom. The first kappa shape index (κ1) is 19.1. The van der Waals surface area contributed by atoms with Crippen LogP contribution in [0, 0.1) is 6.92 Å². The quantitative estimate of drug-likeness (QED) is 0.644. The van der Waals surface area contributed by atoms with Crippen LogP contribution in [0.5, 0.6) is 0 Å². The number of amides is 1. The molecule has 2 N–H and O–H groups in total. The van der Waals surface area contributed by atoms with Crippen LogP contribution in [0.15, 0.2) is 18.2 Å². The lowest BCUT2D eigenvalue weighted by Crippen LogP contribution is -2.35. The van der Waals surface area contributed by atoms with E-state index >= 15 is 0 Å². The molecular weight excluding hydrogens is 292 g/mol. The molecule has 1 unspecified atom stereocenters. The molecule has 0 aliphatic carbocycles. The summed E-state index contributed by atoms with van der Waals surface area (Å²) in [6.07, 6.45) is 1.02. The zero-order chi connectivity index (χ0) is 14.4. The van der Waals surface area contributed by atoms with Crippen LogP contribution >= 0.6 is 24.2 Å². The molecule has 1 atom stereocenters. The van der Waals surface area contributed by atoms with Crippen LogP contribution < -0.4 is 5.73 Å². The fraction of sp³-hybridized carbons (Fsp3) is 0.533. The molecule has 3 nitrogen and oxygen atoms in total. The van der Waals surface area contributed by atoms with E-state index in [-0.39, 0.29) is 24.4 Å². The fourth-order valence-electron chi connectivity index (χ4n) is 1.85. The van der Waals surface area contributed by atoms with Crippen LogP contribution in [0.1, 0.15) is 36.2 Å². The van der Waals surface area contributed by atoms with Crippen LogP contribution in [-0.4, -0.2) is 35.4 Å². The van der Waals surface area contributed by atoms with Gasteiger partial charge in [-0.05, 0) is 49.5 Å². The predicted molar refractivity (Wildman–Crippen MR) is 92.0 cm³/mol. The molecule has 0 spiro atoms. The van der Waals surface area contributed by atoms with Crippen LogP contribution in [0.2, 0.25) is 0 Å². The number of aryl methyl sites for hydroxylation is 1. The van der Waals surface area contributed by atoms with Crippen molar-refractivity contribution in [2.24, 2.45) is 0 Å². The van der Waals surface area contributed by atoms with Crippen molar-refractivity contribution >= 4 is 35.8 Å². The minimum Gasteiger partial charge on any atom is -0.399 e. The summed E-state index contributed by atoms with van der Waals surface area (Å²) in [6, 6.07) is 5.73. The highest BCUT2D eigenvalue weighted by molar-refractivity contribution is 7.99. The third kappa shape index (κ3) is 5.25. The van der Waals surface area contributed by atoms with Gasteiger partial charge in [0.1, 0.15) is 0 Å². The van der Waals surface area contributed by atoms with E-state index in [0.29, 0.717) is 11.3 Å². The van der Waals surface area contributed by atoms with Crippen molar-refractivity contribution in [3.05, 3.63) is 29.3 Å². The van der Waals surface area contributed by atoms with E-state index in [1.54, 1.807) is 6.07 Å². The Hall–Kier alpha value is -0.870. The number of carbonyl (C=O) groups is 1. The number of anilines is 1. The van der Waals surface area contributed by atoms with Gasteiger partial charge in [0.2, 0.25) is 0 Å². The Kier molecular flexibility index (Phi) is 8.74. The molecule has 0 aliphatic heterocycles. The Balaban J connectivity index is 0.00000361. The van der Waals surface area contributed by atoms with E-state index < -0.39 is 0 Å². The number of thioether (sulfide) groups is 1. The van der Waals surface area contributed by atoms with Crippen molar-refractivity contribution < 1.29 is 4.79 Å². The molecule has 0 aromatic heterocycles. The van der Waals surface area contributed by atoms with E-state index in [1.807, 2.05) is 42.8 Å². The number of nitrogens with two attached hydrogens (primary N) is 1. The van der Waals surface area contributed by atoms with E-state index in [9.17, 15) is 4.79 Å². The molecule has 20 heavy (non-hydrogen) atoms. The third-order valence-electron chi connectivity index (χ3n) is 3.36. The summed E-state index contributed by atoms with van der Waals surface area (Å²) in [6.45, 7) is 6.19. The Bertz CT molecular complexity index is 440. The van der Waals surface area contributed by atoms with Gasteiger partial charge in [0.15, 0.2) is 0 Å². The van der Waals surface area contributed by atoms with Gasteiger partial charge in [-0.2, -0.15) is 11.8 Å². The summed E-state index contributed by atoms with van der Waals surface area (Å²) in [7, 11) is 1.87. The van der Waals surface area contributed by atoms with Crippen molar-refractivity contribution in [3.63, 3.8) is 0 Å². The molecular formula is C15H25ClN2OS. The SMILES string of the molecule is CCSCCC(C)N(C)C(=O)c1cc(N)ccc1C.Cl. The van der Waals surface area contributed by atoms with Gasteiger partial charge in [0.05, 0.1) is 0 Å². The van der Waals surface area contributed by atoms with E-state index in [2.05, 4.69) is 13.8 Å². The molecule has 0 heterocycles. The maximum absolute atomic E-state index is 12.5. The third-order valence-corrected chi connectivity index (χ3v) is 4.29. The molecule has 0 aliphatic rings. The van der Waals surface area contributed by atoms with Gasteiger partial charge in [0.25, 0.3) is 5.91 Å². The molecule has 1 aromatic rings. The first-order chi connectivity index (χ1) is 8.97. The largest absolute Gasteiger partial charge is 0.399 e. The van der Waals surface area contributed by atoms with E-state index in [1.165, 1.54) is 0 Å². The van der Waals surface area contributed by atoms with E-state index in [0.717, 1.165) is 23.5 Å².